The summed E-state index contributed by atoms with van der Waals surface area (Å²) in [6.45, 7) is 8.29. The zero-order valence-electron chi connectivity index (χ0n) is 19.0. The third-order valence-electron chi connectivity index (χ3n) is 5.73. The van der Waals surface area contributed by atoms with E-state index >= 15 is 0 Å². The number of anilines is 3. The molecule has 0 unspecified atom stereocenters. The summed E-state index contributed by atoms with van der Waals surface area (Å²) in [5.74, 6) is 0.346. The van der Waals surface area contributed by atoms with Crippen LogP contribution in [0.3, 0.4) is 0 Å². The molecule has 2 aromatic rings. The summed E-state index contributed by atoms with van der Waals surface area (Å²) in [7, 11) is 0. The Kier molecular flexibility index (Phi) is 7.22. The van der Waals surface area contributed by atoms with Crippen LogP contribution in [-0.4, -0.2) is 54.7 Å². The van der Waals surface area contributed by atoms with Crippen molar-refractivity contribution in [2.45, 2.75) is 32.8 Å². The number of para-hydroxylation sites is 1. The Morgan fingerprint density at radius 3 is 2.59 bits per heavy atom. The van der Waals surface area contributed by atoms with Gasteiger partial charge in [-0.2, -0.15) is 0 Å². The molecule has 1 aromatic heterocycles. The van der Waals surface area contributed by atoms with Crippen LogP contribution in [0.2, 0.25) is 0 Å². The van der Waals surface area contributed by atoms with Gasteiger partial charge in [-0.15, -0.1) is 0 Å². The van der Waals surface area contributed by atoms with Crippen molar-refractivity contribution >= 4 is 23.2 Å². The van der Waals surface area contributed by atoms with E-state index < -0.39 is 0 Å². The van der Waals surface area contributed by atoms with Gasteiger partial charge < -0.3 is 15.0 Å². The van der Waals surface area contributed by atoms with Crippen molar-refractivity contribution in [2.24, 2.45) is 0 Å². The Morgan fingerprint density at radius 1 is 1.12 bits per heavy atom. The molecule has 0 radical (unpaired) electrons. The van der Waals surface area contributed by atoms with Crippen molar-refractivity contribution in [3.05, 3.63) is 72.0 Å². The minimum Gasteiger partial charge on any atom is -0.459 e. The fraction of sp³-hybridized carbons (Fsp3) is 0.385. The molecule has 1 saturated heterocycles. The Hall–Kier alpha value is -3.12. The van der Waals surface area contributed by atoms with E-state index in [-0.39, 0.29) is 12.1 Å². The second kappa shape index (κ2) is 10.5. The summed E-state index contributed by atoms with van der Waals surface area (Å²) in [6, 6.07) is 11.7. The first-order chi connectivity index (χ1) is 15.6. The zero-order chi connectivity index (χ0) is 22.3. The van der Waals surface area contributed by atoms with Gasteiger partial charge >= 0.3 is 5.97 Å². The van der Waals surface area contributed by atoms with E-state index in [1.54, 1.807) is 6.20 Å². The van der Waals surface area contributed by atoms with Crippen molar-refractivity contribution in [3.63, 3.8) is 0 Å². The molecule has 1 aromatic carbocycles. The molecule has 2 aliphatic rings. The first kappa shape index (κ1) is 22.1. The maximum absolute atomic E-state index is 13.1. The quantitative estimate of drug-likeness (QED) is 0.635. The van der Waals surface area contributed by atoms with Crippen LogP contribution in [0, 0.1) is 0 Å². The predicted octanol–water partition coefficient (Wildman–Crippen LogP) is 4.79. The third kappa shape index (κ3) is 5.56. The largest absolute Gasteiger partial charge is 0.459 e. The summed E-state index contributed by atoms with van der Waals surface area (Å²) in [4.78, 5) is 22.4. The SMILES string of the molecule is CC(C)OC(=O)c1c(Nc2ccccc2)ccnc1N1CCN(CC2=CC=CCC2)CC1. The van der Waals surface area contributed by atoms with Crippen LogP contribution in [-0.2, 0) is 4.74 Å². The second-order valence-electron chi connectivity index (χ2n) is 8.56. The van der Waals surface area contributed by atoms with Crippen LogP contribution in [0.4, 0.5) is 17.2 Å². The Morgan fingerprint density at radius 2 is 1.91 bits per heavy atom. The van der Waals surface area contributed by atoms with E-state index in [2.05, 4.69) is 38.3 Å². The van der Waals surface area contributed by atoms with Crippen molar-refractivity contribution in [1.29, 1.82) is 0 Å². The molecule has 32 heavy (non-hydrogen) atoms. The summed E-state index contributed by atoms with van der Waals surface area (Å²) in [5, 5.41) is 3.38. The van der Waals surface area contributed by atoms with Gasteiger partial charge in [-0.1, -0.05) is 42.0 Å². The topological polar surface area (TPSA) is 57.7 Å². The number of nitrogens with one attached hydrogen (secondary N) is 1. The average Bonchev–Trinajstić information content (AvgIpc) is 2.80. The first-order valence-electron chi connectivity index (χ1n) is 11.4. The summed E-state index contributed by atoms with van der Waals surface area (Å²) >= 11 is 0. The number of rotatable bonds is 7. The number of hydrogen-bond acceptors (Lipinski definition) is 6. The molecule has 0 amide bonds. The number of nitrogens with zero attached hydrogens (tertiary/aromatic N) is 3. The molecule has 1 aliphatic carbocycles. The smallest absolute Gasteiger partial charge is 0.344 e. The van der Waals surface area contributed by atoms with E-state index in [9.17, 15) is 4.79 Å². The molecular weight excluding hydrogens is 400 g/mol. The predicted molar refractivity (Wildman–Crippen MR) is 130 cm³/mol. The number of ether oxygens (including phenoxy) is 1. The molecule has 168 valence electrons. The van der Waals surface area contributed by atoms with Gasteiger partial charge in [-0.05, 0) is 44.9 Å². The maximum Gasteiger partial charge on any atom is 0.344 e. The van der Waals surface area contributed by atoms with Crippen molar-refractivity contribution in [2.75, 3.05) is 42.9 Å². The zero-order valence-corrected chi connectivity index (χ0v) is 19.0. The highest BCUT2D eigenvalue weighted by Gasteiger charge is 2.27. The maximum atomic E-state index is 13.1. The van der Waals surface area contributed by atoms with Gasteiger partial charge in [-0.25, -0.2) is 9.78 Å². The molecule has 0 saturated carbocycles. The monoisotopic (exact) mass is 432 g/mol. The normalized spacial score (nSPS) is 16.7. The van der Waals surface area contributed by atoms with E-state index in [0.717, 1.165) is 51.3 Å². The van der Waals surface area contributed by atoms with E-state index in [0.29, 0.717) is 17.1 Å². The fourth-order valence-electron chi connectivity index (χ4n) is 4.14. The van der Waals surface area contributed by atoms with Gasteiger partial charge in [0.1, 0.15) is 11.4 Å². The molecule has 4 rings (SSSR count). The van der Waals surface area contributed by atoms with E-state index in [4.69, 9.17) is 4.74 Å². The highest BCUT2D eigenvalue weighted by atomic mass is 16.5. The van der Waals surface area contributed by atoms with Gasteiger partial charge in [0, 0.05) is 44.6 Å². The average molecular weight is 433 g/mol. The molecule has 6 heteroatoms. The fourth-order valence-corrected chi connectivity index (χ4v) is 4.14. The molecule has 0 bridgehead atoms. The van der Waals surface area contributed by atoms with Crippen LogP contribution in [0.5, 0.6) is 0 Å². The van der Waals surface area contributed by atoms with Gasteiger partial charge in [0.2, 0.25) is 0 Å². The Balaban J connectivity index is 1.53. The molecule has 1 fully saturated rings. The van der Waals surface area contributed by atoms with Crippen LogP contribution in [0.25, 0.3) is 0 Å². The van der Waals surface area contributed by atoms with Crippen molar-refractivity contribution in [1.82, 2.24) is 9.88 Å². The minimum absolute atomic E-state index is 0.199. The molecule has 0 spiro atoms. The molecule has 1 aliphatic heterocycles. The van der Waals surface area contributed by atoms with Crippen LogP contribution in [0.1, 0.15) is 37.0 Å². The van der Waals surface area contributed by atoms with E-state index in [1.807, 2.05) is 50.2 Å². The molecule has 2 heterocycles. The lowest BCUT2D eigenvalue weighted by molar-refractivity contribution is 0.0379. The number of aromatic nitrogens is 1. The summed E-state index contributed by atoms with van der Waals surface area (Å²) in [6.07, 6.45) is 10.5. The summed E-state index contributed by atoms with van der Waals surface area (Å²) < 4.78 is 5.60. The van der Waals surface area contributed by atoms with Gasteiger partial charge in [0.05, 0.1) is 11.8 Å². The highest BCUT2D eigenvalue weighted by molar-refractivity contribution is 6.01. The van der Waals surface area contributed by atoms with Gasteiger partial charge in [0.25, 0.3) is 0 Å². The lowest BCUT2D eigenvalue weighted by atomic mass is 10.0. The number of carbonyl (C=O) groups excluding carboxylic acids is 1. The number of hydrogen-bond donors (Lipinski definition) is 1. The first-order valence-corrected chi connectivity index (χ1v) is 11.4. The Labute approximate surface area is 190 Å². The number of benzene rings is 1. The standard InChI is InChI=1S/C26H32N4O2/c1-20(2)32-26(31)24-23(28-22-11-7-4-8-12-22)13-14-27-25(24)30-17-15-29(16-18-30)19-21-9-5-3-6-10-21/h3-5,7-9,11-14,20H,6,10,15-19H2,1-2H3,(H,27,28). The van der Waals surface area contributed by atoms with Crippen molar-refractivity contribution in [3.8, 4) is 0 Å². The highest BCUT2D eigenvalue weighted by Crippen LogP contribution is 2.30. The second-order valence-corrected chi connectivity index (χ2v) is 8.56. The number of piperazine rings is 1. The number of carbonyl (C=O) groups is 1. The lowest BCUT2D eigenvalue weighted by Crippen LogP contribution is -2.47. The number of allylic oxidation sites excluding steroid dienone is 3. The van der Waals surface area contributed by atoms with Crippen LogP contribution >= 0.6 is 0 Å². The molecule has 1 N–H and O–H groups in total. The van der Waals surface area contributed by atoms with Gasteiger partial charge in [-0.3, -0.25) is 4.90 Å². The summed E-state index contributed by atoms with van der Waals surface area (Å²) in [5.41, 5.74) is 3.63. The number of pyridine rings is 1. The van der Waals surface area contributed by atoms with Crippen LogP contribution in [0.15, 0.2) is 66.4 Å². The van der Waals surface area contributed by atoms with Gasteiger partial charge in [0.15, 0.2) is 0 Å². The number of esters is 1. The third-order valence-corrected chi connectivity index (χ3v) is 5.73. The molecule has 6 nitrogen and oxygen atoms in total. The Bertz CT molecular complexity index is 977. The van der Waals surface area contributed by atoms with E-state index in [1.165, 1.54) is 5.57 Å². The minimum atomic E-state index is -0.344. The van der Waals surface area contributed by atoms with Crippen molar-refractivity contribution < 1.29 is 9.53 Å². The van der Waals surface area contributed by atoms with Crippen LogP contribution < -0.4 is 10.2 Å². The lowest BCUT2D eigenvalue weighted by Gasteiger charge is -2.36. The molecule has 0 atom stereocenters. The molecular formula is C26H32N4O2.